The maximum atomic E-state index is 13.3. The lowest BCUT2D eigenvalue weighted by Crippen LogP contribution is -2.25. The number of nitrogens with one attached hydrogen (secondary N) is 1. The summed E-state index contributed by atoms with van der Waals surface area (Å²) in [5.74, 6) is 0.396. The molecule has 0 heterocycles. The van der Waals surface area contributed by atoms with Gasteiger partial charge in [-0.2, -0.15) is 0 Å². The van der Waals surface area contributed by atoms with Gasteiger partial charge in [0.1, 0.15) is 5.82 Å². The predicted octanol–water partition coefficient (Wildman–Crippen LogP) is 4.12. The third-order valence-corrected chi connectivity index (χ3v) is 3.78. The molecule has 1 unspecified atom stereocenters. The van der Waals surface area contributed by atoms with Crippen LogP contribution >= 0.6 is 15.9 Å². The Balaban J connectivity index is 2.27. The number of aryl methyl sites for hydroxylation is 1. The highest BCUT2D eigenvalue weighted by atomic mass is 79.9. The molecule has 0 radical (unpaired) electrons. The van der Waals surface area contributed by atoms with Gasteiger partial charge in [0.2, 0.25) is 0 Å². The van der Waals surface area contributed by atoms with Crippen LogP contribution in [0.25, 0.3) is 0 Å². The topological polar surface area (TPSA) is 41.5 Å². The van der Waals surface area contributed by atoms with Crippen LogP contribution in [-0.4, -0.2) is 31.0 Å². The molecule has 0 saturated carbocycles. The highest BCUT2D eigenvalue weighted by Crippen LogP contribution is 2.24. The Morgan fingerprint density at radius 3 is 2.76 bits per heavy atom. The van der Waals surface area contributed by atoms with Crippen LogP contribution in [0.15, 0.2) is 16.6 Å². The molecule has 5 heteroatoms. The van der Waals surface area contributed by atoms with E-state index in [0.29, 0.717) is 30.1 Å². The number of benzene rings is 1. The summed E-state index contributed by atoms with van der Waals surface area (Å²) in [6.45, 7) is 7.56. The number of aliphatic hydroxyl groups excluding tert-OH is 1. The van der Waals surface area contributed by atoms with E-state index in [-0.39, 0.29) is 5.82 Å². The molecule has 0 bridgehead atoms. The first-order chi connectivity index (χ1) is 9.90. The maximum Gasteiger partial charge on any atom is 0.137 e. The number of halogens is 2. The van der Waals surface area contributed by atoms with E-state index in [1.165, 1.54) is 6.07 Å². The van der Waals surface area contributed by atoms with Gasteiger partial charge in [-0.25, -0.2) is 4.39 Å². The number of aliphatic hydroxyl groups is 1. The molecule has 0 aliphatic heterocycles. The van der Waals surface area contributed by atoms with Crippen molar-refractivity contribution in [1.82, 2.24) is 0 Å². The lowest BCUT2D eigenvalue weighted by Gasteiger charge is -2.15. The first kappa shape index (κ1) is 18.4. The quantitative estimate of drug-likeness (QED) is 0.650. The van der Waals surface area contributed by atoms with Gasteiger partial charge in [0, 0.05) is 18.8 Å². The van der Waals surface area contributed by atoms with Crippen LogP contribution in [0.1, 0.15) is 32.3 Å². The number of ether oxygens (including phenoxy) is 1. The van der Waals surface area contributed by atoms with Crippen molar-refractivity contribution in [2.24, 2.45) is 5.92 Å². The Morgan fingerprint density at radius 1 is 1.38 bits per heavy atom. The lowest BCUT2D eigenvalue weighted by atomic mass is 10.1. The van der Waals surface area contributed by atoms with Gasteiger partial charge in [-0.15, -0.1) is 0 Å². The van der Waals surface area contributed by atoms with Crippen molar-refractivity contribution < 1.29 is 14.2 Å². The minimum atomic E-state index is -0.577. The summed E-state index contributed by atoms with van der Waals surface area (Å²) in [6.07, 6.45) is 1.58. The van der Waals surface area contributed by atoms with Crippen molar-refractivity contribution in [1.29, 1.82) is 0 Å². The Labute approximate surface area is 135 Å². The predicted molar refractivity (Wildman–Crippen MR) is 88.2 cm³/mol. The van der Waals surface area contributed by atoms with E-state index in [4.69, 9.17) is 4.74 Å². The fourth-order valence-corrected chi connectivity index (χ4v) is 2.28. The second-order valence-corrected chi connectivity index (χ2v) is 6.58. The molecule has 0 amide bonds. The standard InChI is InChI=1S/C16H25BrFNO2/c1-11(2)5-4-6-21-10-13(20)9-19-16-8-14(17)15(18)7-12(16)3/h7-8,11,13,19-20H,4-6,9-10H2,1-3H3. The minimum absolute atomic E-state index is 0.285. The number of rotatable bonds is 9. The zero-order chi connectivity index (χ0) is 15.8. The highest BCUT2D eigenvalue weighted by molar-refractivity contribution is 9.10. The van der Waals surface area contributed by atoms with E-state index >= 15 is 0 Å². The fourth-order valence-electron chi connectivity index (χ4n) is 1.94. The maximum absolute atomic E-state index is 13.3. The molecule has 3 nitrogen and oxygen atoms in total. The van der Waals surface area contributed by atoms with Gasteiger partial charge in [-0.05, 0) is 59.3 Å². The van der Waals surface area contributed by atoms with Gasteiger partial charge in [-0.1, -0.05) is 13.8 Å². The molecule has 21 heavy (non-hydrogen) atoms. The van der Waals surface area contributed by atoms with Crippen molar-refractivity contribution in [3.05, 3.63) is 28.0 Å². The van der Waals surface area contributed by atoms with E-state index in [1.807, 2.05) is 6.92 Å². The molecule has 2 N–H and O–H groups in total. The molecule has 1 aromatic carbocycles. The van der Waals surface area contributed by atoms with Gasteiger partial charge in [0.15, 0.2) is 0 Å². The number of hydrogen-bond acceptors (Lipinski definition) is 3. The van der Waals surface area contributed by atoms with Crippen LogP contribution in [0.4, 0.5) is 10.1 Å². The van der Waals surface area contributed by atoms with Crippen LogP contribution in [0.5, 0.6) is 0 Å². The fraction of sp³-hybridized carbons (Fsp3) is 0.625. The molecular formula is C16H25BrFNO2. The van der Waals surface area contributed by atoms with E-state index in [2.05, 4.69) is 35.1 Å². The monoisotopic (exact) mass is 361 g/mol. The Bertz CT molecular complexity index is 441. The summed E-state index contributed by atoms with van der Waals surface area (Å²) >= 11 is 3.16. The van der Waals surface area contributed by atoms with Crippen molar-refractivity contribution in [2.45, 2.75) is 39.7 Å². The molecular weight excluding hydrogens is 337 g/mol. The number of anilines is 1. The summed E-state index contributed by atoms with van der Waals surface area (Å²) in [7, 11) is 0. The normalized spacial score (nSPS) is 12.7. The summed E-state index contributed by atoms with van der Waals surface area (Å²) < 4.78 is 19.2. The zero-order valence-corrected chi connectivity index (χ0v) is 14.5. The zero-order valence-electron chi connectivity index (χ0n) is 13.0. The molecule has 0 aromatic heterocycles. The van der Waals surface area contributed by atoms with Gasteiger partial charge in [-0.3, -0.25) is 0 Å². The van der Waals surface area contributed by atoms with Crippen LogP contribution in [-0.2, 0) is 4.74 Å². The van der Waals surface area contributed by atoms with E-state index in [1.54, 1.807) is 6.07 Å². The largest absolute Gasteiger partial charge is 0.389 e. The average molecular weight is 362 g/mol. The summed E-state index contributed by atoms with van der Waals surface area (Å²) in [4.78, 5) is 0. The molecule has 1 rings (SSSR count). The van der Waals surface area contributed by atoms with Crippen LogP contribution in [0.3, 0.4) is 0 Å². The molecule has 0 saturated heterocycles. The molecule has 0 aliphatic rings. The SMILES string of the molecule is Cc1cc(F)c(Br)cc1NCC(O)COCCCC(C)C. The number of hydrogen-bond donors (Lipinski definition) is 2. The molecule has 0 spiro atoms. The van der Waals surface area contributed by atoms with Crippen molar-refractivity contribution in [3.8, 4) is 0 Å². The summed E-state index contributed by atoms with van der Waals surface area (Å²) in [5, 5.41) is 13.0. The van der Waals surface area contributed by atoms with Gasteiger partial charge >= 0.3 is 0 Å². The second-order valence-electron chi connectivity index (χ2n) is 5.73. The van der Waals surface area contributed by atoms with E-state index in [0.717, 1.165) is 24.1 Å². The molecule has 0 fully saturated rings. The van der Waals surface area contributed by atoms with Gasteiger partial charge < -0.3 is 15.2 Å². The average Bonchev–Trinajstić information content (AvgIpc) is 2.40. The highest BCUT2D eigenvalue weighted by Gasteiger charge is 2.08. The smallest absolute Gasteiger partial charge is 0.137 e. The molecule has 1 aromatic rings. The third-order valence-electron chi connectivity index (χ3n) is 3.18. The first-order valence-electron chi connectivity index (χ1n) is 7.35. The Kier molecular flexibility index (Phi) is 8.22. The van der Waals surface area contributed by atoms with Crippen LogP contribution in [0.2, 0.25) is 0 Å². The van der Waals surface area contributed by atoms with Gasteiger partial charge in [0.05, 0.1) is 17.2 Å². The van der Waals surface area contributed by atoms with Crippen molar-refractivity contribution in [3.63, 3.8) is 0 Å². The third kappa shape index (κ3) is 7.25. The van der Waals surface area contributed by atoms with Gasteiger partial charge in [0.25, 0.3) is 0 Å². The minimum Gasteiger partial charge on any atom is -0.389 e. The lowest BCUT2D eigenvalue weighted by molar-refractivity contribution is 0.0409. The van der Waals surface area contributed by atoms with E-state index in [9.17, 15) is 9.50 Å². The molecule has 0 aliphatic carbocycles. The van der Waals surface area contributed by atoms with Crippen molar-refractivity contribution >= 4 is 21.6 Å². The van der Waals surface area contributed by atoms with Crippen LogP contribution in [0, 0.1) is 18.7 Å². The Hall–Kier alpha value is -0.650. The first-order valence-corrected chi connectivity index (χ1v) is 8.14. The van der Waals surface area contributed by atoms with Crippen LogP contribution < -0.4 is 5.32 Å². The molecule has 1 atom stereocenters. The van der Waals surface area contributed by atoms with Crippen molar-refractivity contribution in [2.75, 3.05) is 25.1 Å². The van der Waals surface area contributed by atoms with E-state index < -0.39 is 6.10 Å². The Morgan fingerprint density at radius 2 is 2.10 bits per heavy atom. The summed E-state index contributed by atoms with van der Waals surface area (Å²) in [6, 6.07) is 3.14. The summed E-state index contributed by atoms with van der Waals surface area (Å²) in [5.41, 5.74) is 1.61. The molecule has 120 valence electrons. The second kappa shape index (κ2) is 9.38.